The minimum absolute atomic E-state index is 0.144. The quantitative estimate of drug-likeness (QED) is 0.0195. The Bertz CT molecular complexity index is 1580. The van der Waals surface area contributed by atoms with Gasteiger partial charge in [0.25, 0.3) is 0 Å². The first-order valence-electron chi connectivity index (χ1n) is 31.4. The zero-order valence-electron chi connectivity index (χ0n) is 50.3. The number of carbonyl (C=O) groups excluding carboxylic acids is 3. The van der Waals surface area contributed by atoms with E-state index >= 15 is 0 Å². The van der Waals surface area contributed by atoms with Crippen LogP contribution in [0.1, 0.15) is 258 Å². The number of carboxylic acid groups (broad SMARTS) is 1. The monoisotopic (exact) mass is 1080 g/mol. The van der Waals surface area contributed by atoms with Gasteiger partial charge in [-0.15, -0.1) is 0 Å². The number of carbonyl (C=O) groups is 3. The molecule has 0 aliphatic carbocycles. The molecule has 0 rings (SSSR count). The molecule has 9 heteroatoms. The summed E-state index contributed by atoms with van der Waals surface area (Å²) in [5.41, 5.74) is 0. The molecular formula is C68H117NO8. The third-order valence-electron chi connectivity index (χ3n) is 13.3. The van der Waals surface area contributed by atoms with Crippen molar-refractivity contribution in [3.05, 3.63) is 97.2 Å². The van der Waals surface area contributed by atoms with E-state index in [-0.39, 0.29) is 38.6 Å². The van der Waals surface area contributed by atoms with Gasteiger partial charge in [0.2, 0.25) is 0 Å². The van der Waals surface area contributed by atoms with Crippen LogP contribution in [-0.4, -0.2) is 82.3 Å². The second-order valence-electron chi connectivity index (χ2n) is 22.0. The molecule has 0 saturated carbocycles. The SMILES string of the molecule is CC/C=C\C/C=C\C/C=C\C/C=C\C/C=C\C/C=C\C/C=C\CCCCCCCCCCCCCCCCCC(=O)OC(COC(=O)CCCCCCC/C=C\CCCCCCCC)COC(OCC[N+](C)(C)C)C(=O)[O-]. The molecule has 0 radical (unpaired) electrons. The van der Waals surface area contributed by atoms with Crippen molar-refractivity contribution < 1.29 is 42.9 Å². The number of aliphatic carboxylic acids is 1. The number of esters is 2. The molecule has 77 heavy (non-hydrogen) atoms. The number of hydrogen-bond donors (Lipinski definition) is 0. The van der Waals surface area contributed by atoms with Crippen molar-refractivity contribution in [2.75, 3.05) is 47.5 Å². The van der Waals surface area contributed by atoms with Crippen LogP contribution in [-0.2, 0) is 33.3 Å². The topological polar surface area (TPSA) is 111 Å². The maximum atomic E-state index is 12.9. The Labute approximate surface area is 473 Å². The first-order valence-corrected chi connectivity index (χ1v) is 31.4. The molecule has 0 spiro atoms. The van der Waals surface area contributed by atoms with Crippen LogP contribution in [0.3, 0.4) is 0 Å². The van der Waals surface area contributed by atoms with Crippen LogP contribution in [0, 0.1) is 0 Å². The first kappa shape index (κ1) is 73.2. The summed E-state index contributed by atoms with van der Waals surface area (Å²) in [6.07, 6.45) is 76.2. The predicted octanol–water partition coefficient (Wildman–Crippen LogP) is 17.6. The summed E-state index contributed by atoms with van der Waals surface area (Å²) >= 11 is 0. The largest absolute Gasteiger partial charge is 0.545 e. The smallest absolute Gasteiger partial charge is 0.306 e. The molecule has 0 aromatic carbocycles. The Balaban J connectivity index is 4.10. The van der Waals surface area contributed by atoms with E-state index in [4.69, 9.17) is 18.9 Å². The van der Waals surface area contributed by atoms with Gasteiger partial charge < -0.3 is 33.3 Å². The van der Waals surface area contributed by atoms with Crippen molar-refractivity contribution in [2.24, 2.45) is 0 Å². The number of nitrogens with zero attached hydrogens (tertiary/aromatic N) is 1. The van der Waals surface area contributed by atoms with Crippen molar-refractivity contribution in [1.29, 1.82) is 0 Å². The maximum absolute atomic E-state index is 12.9. The van der Waals surface area contributed by atoms with E-state index < -0.39 is 24.3 Å². The standard InChI is InChI=1S/C68H117NO8/c1-6-8-10-12-14-16-18-20-22-23-24-25-26-27-28-29-30-31-32-33-34-35-36-37-38-39-40-41-42-43-45-47-49-51-53-55-57-59-66(71)77-64(63-76-68(67(72)73)74-61-60-69(3,4)5)62-75-65(70)58-56-54-52-50-48-46-44-21-19-17-15-13-11-9-7-2/h8,10,14,16,20-22,24-25,27-28,30-31,33-34,44,64,68H,6-7,9,11-13,15,17-19,23,26,29,32,35-43,45-63H2,1-5H3/b10-8-,16-14-,22-20-,25-24-,28-27-,31-30-,34-33-,44-21-. The van der Waals surface area contributed by atoms with E-state index in [1.54, 1.807) is 0 Å². The number of allylic oxidation sites excluding steroid dienone is 16. The fourth-order valence-corrected chi connectivity index (χ4v) is 8.51. The fraction of sp³-hybridized carbons (Fsp3) is 0.721. The van der Waals surface area contributed by atoms with Gasteiger partial charge >= 0.3 is 11.9 Å². The molecule has 0 aromatic heterocycles. The van der Waals surface area contributed by atoms with E-state index in [9.17, 15) is 19.5 Å². The molecule has 0 amide bonds. The average molecular weight is 1080 g/mol. The van der Waals surface area contributed by atoms with Gasteiger partial charge in [0.1, 0.15) is 13.2 Å². The molecule has 0 bridgehead atoms. The lowest BCUT2D eigenvalue weighted by Crippen LogP contribution is -2.44. The van der Waals surface area contributed by atoms with Gasteiger partial charge in [0, 0.05) is 12.8 Å². The minimum atomic E-state index is -1.63. The number of quaternary nitrogens is 1. The van der Waals surface area contributed by atoms with E-state index in [0.717, 1.165) is 103 Å². The zero-order valence-corrected chi connectivity index (χ0v) is 50.3. The Kier molecular flexibility index (Phi) is 55.5. The summed E-state index contributed by atoms with van der Waals surface area (Å²) in [6, 6.07) is 0. The summed E-state index contributed by atoms with van der Waals surface area (Å²) in [5.74, 6) is -2.29. The zero-order chi connectivity index (χ0) is 56.2. The van der Waals surface area contributed by atoms with E-state index in [1.807, 2.05) is 21.1 Å². The number of ether oxygens (including phenoxy) is 4. The summed E-state index contributed by atoms with van der Waals surface area (Å²) in [4.78, 5) is 37.3. The molecule has 2 atom stereocenters. The highest BCUT2D eigenvalue weighted by Gasteiger charge is 2.22. The van der Waals surface area contributed by atoms with Crippen LogP contribution in [0.2, 0.25) is 0 Å². The maximum Gasteiger partial charge on any atom is 0.306 e. The van der Waals surface area contributed by atoms with Crippen molar-refractivity contribution in [1.82, 2.24) is 0 Å². The summed E-state index contributed by atoms with van der Waals surface area (Å²) in [7, 11) is 5.92. The molecule has 0 aliphatic heterocycles. The molecule has 2 unspecified atom stereocenters. The lowest BCUT2D eigenvalue weighted by molar-refractivity contribution is -0.870. The van der Waals surface area contributed by atoms with Crippen LogP contribution < -0.4 is 5.11 Å². The van der Waals surface area contributed by atoms with Gasteiger partial charge in [0.15, 0.2) is 12.4 Å². The van der Waals surface area contributed by atoms with E-state index in [2.05, 4.69) is 111 Å². The minimum Gasteiger partial charge on any atom is -0.545 e. The molecule has 0 aliphatic rings. The van der Waals surface area contributed by atoms with E-state index in [0.29, 0.717) is 17.4 Å². The number of likely N-dealkylation sites (N-methyl/N-ethyl adjacent to an activating group) is 1. The second kappa shape index (κ2) is 58.4. The van der Waals surface area contributed by atoms with Gasteiger partial charge in [-0.3, -0.25) is 9.59 Å². The van der Waals surface area contributed by atoms with Gasteiger partial charge in [0.05, 0.1) is 40.3 Å². The normalized spacial score (nSPS) is 13.4. The summed E-state index contributed by atoms with van der Waals surface area (Å²) in [5, 5.41) is 11.8. The summed E-state index contributed by atoms with van der Waals surface area (Å²) < 4.78 is 22.7. The molecule has 442 valence electrons. The number of unbranched alkanes of at least 4 members (excludes halogenated alkanes) is 26. The lowest BCUT2D eigenvalue weighted by Gasteiger charge is -2.26. The number of rotatable bonds is 57. The molecule has 9 nitrogen and oxygen atoms in total. The molecule has 0 saturated heterocycles. The van der Waals surface area contributed by atoms with Crippen LogP contribution in [0.4, 0.5) is 0 Å². The van der Waals surface area contributed by atoms with Crippen molar-refractivity contribution in [3.8, 4) is 0 Å². The number of carboxylic acids is 1. The lowest BCUT2D eigenvalue weighted by atomic mass is 10.0. The Hall–Kier alpha value is -3.79. The fourth-order valence-electron chi connectivity index (χ4n) is 8.51. The van der Waals surface area contributed by atoms with Crippen LogP contribution in [0.5, 0.6) is 0 Å². The third kappa shape index (κ3) is 59.7. The van der Waals surface area contributed by atoms with Crippen molar-refractivity contribution in [3.63, 3.8) is 0 Å². The first-order chi connectivity index (χ1) is 37.6. The molecule has 0 N–H and O–H groups in total. The predicted molar refractivity (Wildman–Crippen MR) is 324 cm³/mol. The number of hydrogen-bond acceptors (Lipinski definition) is 8. The molecular weight excluding hydrogens is 959 g/mol. The Morgan fingerprint density at radius 3 is 1.12 bits per heavy atom. The Morgan fingerprint density at radius 1 is 0.403 bits per heavy atom. The van der Waals surface area contributed by atoms with Crippen LogP contribution in [0.25, 0.3) is 0 Å². The highest BCUT2D eigenvalue weighted by atomic mass is 16.7. The summed E-state index contributed by atoms with van der Waals surface area (Å²) in [6.45, 7) is 4.62. The van der Waals surface area contributed by atoms with Gasteiger partial charge in [-0.25, -0.2) is 0 Å². The van der Waals surface area contributed by atoms with E-state index in [1.165, 1.54) is 122 Å². The molecule has 0 aromatic rings. The third-order valence-corrected chi connectivity index (χ3v) is 13.3. The highest BCUT2D eigenvalue weighted by Crippen LogP contribution is 2.16. The van der Waals surface area contributed by atoms with Gasteiger partial charge in [-0.1, -0.05) is 246 Å². The highest BCUT2D eigenvalue weighted by molar-refractivity contribution is 5.70. The van der Waals surface area contributed by atoms with Crippen LogP contribution in [0.15, 0.2) is 97.2 Å². The average Bonchev–Trinajstić information content (AvgIpc) is 3.40. The van der Waals surface area contributed by atoms with Gasteiger partial charge in [-0.05, 0) is 96.3 Å². The Morgan fingerprint density at radius 2 is 0.740 bits per heavy atom. The van der Waals surface area contributed by atoms with Crippen LogP contribution >= 0.6 is 0 Å². The molecule has 0 fully saturated rings. The van der Waals surface area contributed by atoms with Gasteiger partial charge in [-0.2, -0.15) is 0 Å². The van der Waals surface area contributed by atoms with Crippen molar-refractivity contribution >= 4 is 17.9 Å². The second-order valence-corrected chi connectivity index (χ2v) is 22.0. The van der Waals surface area contributed by atoms with Crippen molar-refractivity contribution in [2.45, 2.75) is 270 Å². The molecule has 0 heterocycles.